The van der Waals surface area contributed by atoms with Crippen molar-refractivity contribution in [3.05, 3.63) is 0 Å². The van der Waals surface area contributed by atoms with Crippen LogP contribution in [0.4, 0.5) is 0 Å². The van der Waals surface area contributed by atoms with Gasteiger partial charge in [-0.3, -0.25) is 4.79 Å². The van der Waals surface area contributed by atoms with Gasteiger partial charge in [-0.2, -0.15) is 0 Å². The van der Waals surface area contributed by atoms with E-state index in [9.17, 15) is 4.79 Å². The molecular weight excluding hydrogens is 184 g/mol. The summed E-state index contributed by atoms with van der Waals surface area (Å²) in [6.07, 6.45) is 2.57. The maximum Gasteiger partial charge on any atom is 0.230 e. The first-order valence-corrected chi connectivity index (χ1v) is 5.85. The predicted octanol–water partition coefficient (Wildman–Crippen LogP) is 0.593. The number of amides is 1. The van der Waals surface area contributed by atoms with E-state index in [1.807, 2.05) is 6.92 Å². The Hall–Kier alpha value is -0.220. The van der Waals surface area contributed by atoms with Crippen LogP contribution >= 0.6 is 11.8 Å². The molecule has 13 heavy (non-hydrogen) atoms. The Morgan fingerprint density at radius 3 is 2.92 bits per heavy atom. The SMILES string of the molecule is CC(CN)SCC(=O)NCC1CC1. The fraction of sp³-hybridized carbons (Fsp3) is 0.889. The lowest BCUT2D eigenvalue weighted by atomic mass is 10.4. The van der Waals surface area contributed by atoms with E-state index in [-0.39, 0.29) is 5.91 Å². The molecule has 0 aromatic carbocycles. The largest absolute Gasteiger partial charge is 0.355 e. The molecule has 1 unspecified atom stereocenters. The summed E-state index contributed by atoms with van der Waals surface area (Å²) in [6.45, 7) is 3.55. The van der Waals surface area contributed by atoms with Gasteiger partial charge in [-0.25, -0.2) is 0 Å². The molecule has 0 aromatic rings. The van der Waals surface area contributed by atoms with Crippen LogP contribution in [0.15, 0.2) is 0 Å². The topological polar surface area (TPSA) is 55.1 Å². The number of rotatable bonds is 6. The van der Waals surface area contributed by atoms with Crippen LogP contribution in [-0.2, 0) is 4.79 Å². The summed E-state index contributed by atoms with van der Waals surface area (Å²) in [5.74, 6) is 1.46. The summed E-state index contributed by atoms with van der Waals surface area (Å²) in [7, 11) is 0. The smallest absolute Gasteiger partial charge is 0.230 e. The Morgan fingerprint density at radius 2 is 2.38 bits per heavy atom. The highest BCUT2D eigenvalue weighted by atomic mass is 32.2. The van der Waals surface area contributed by atoms with Crippen LogP contribution in [0.25, 0.3) is 0 Å². The molecule has 0 aliphatic heterocycles. The molecule has 0 radical (unpaired) electrons. The molecule has 1 saturated carbocycles. The third-order valence-electron chi connectivity index (χ3n) is 2.12. The zero-order chi connectivity index (χ0) is 9.68. The lowest BCUT2D eigenvalue weighted by molar-refractivity contribution is -0.118. The number of nitrogens with two attached hydrogens (primary N) is 1. The highest BCUT2D eigenvalue weighted by molar-refractivity contribution is 8.00. The predicted molar refractivity (Wildman–Crippen MR) is 56.7 cm³/mol. The zero-order valence-corrected chi connectivity index (χ0v) is 8.90. The van der Waals surface area contributed by atoms with Gasteiger partial charge in [-0.15, -0.1) is 11.8 Å². The van der Waals surface area contributed by atoms with E-state index in [1.54, 1.807) is 11.8 Å². The van der Waals surface area contributed by atoms with Crippen LogP contribution < -0.4 is 11.1 Å². The van der Waals surface area contributed by atoms with Crippen LogP contribution in [-0.4, -0.2) is 30.0 Å². The van der Waals surface area contributed by atoms with E-state index in [0.717, 1.165) is 12.5 Å². The number of hydrogen-bond donors (Lipinski definition) is 2. The molecule has 1 aliphatic carbocycles. The summed E-state index contributed by atoms with van der Waals surface area (Å²) in [4.78, 5) is 11.2. The number of nitrogens with one attached hydrogen (secondary N) is 1. The third kappa shape index (κ3) is 5.16. The first kappa shape index (κ1) is 10.9. The molecule has 1 fully saturated rings. The van der Waals surface area contributed by atoms with E-state index in [1.165, 1.54) is 12.8 Å². The summed E-state index contributed by atoms with van der Waals surface area (Å²) >= 11 is 1.62. The molecule has 3 N–H and O–H groups in total. The third-order valence-corrected chi connectivity index (χ3v) is 3.31. The molecule has 4 heteroatoms. The zero-order valence-electron chi connectivity index (χ0n) is 8.08. The van der Waals surface area contributed by atoms with Crippen molar-refractivity contribution in [1.29, 1.82) is 0 Å². The van der Waals surface area contributed by atoms with E-state index in [0.29, 0.717) is 17.5 Å². The normalized spacial score (nSPS) is 18.3. The van der Waals surface area contributed by atoms with Crippen molar-refractivity contribution in [2.24, 2.45) is 11.7 Å². The van der Waals surface area contributed by atoms with E-state index >= 15 is 0 Å². The van der Waals surface area contributed by atoms with Crippen molar-refractivity contribution < 1.29 is 4.79 Å². The van der Waals surface area contributed by atoms with Crippen molar-refractivity contribution >= 4 is 17.7 Å². The van der Waals surface area contributed by atoms with Crippen LogP contribution in [0, 0.1) is 5.92 Å². The van der Waals surface area contributed by atoms with Crippen molar-refractivity contribution in [2.75, 3.05) is 18.8 Å². The fourth-order valence-electron chi connectivity index (χ4n) is 0.917. The van der Waals surface area contributed by atoms with Crippen molar-refractivity contribution in [3.8, 4) is 0 Å². The molecule has 0 bridgehead atoms. The van der Waals surface area contributed by atoms with Gasteiger partial charge in [0, 0.05) is 18.3 Å². The minimum atomic E-state index is 0.150. The quantitative estimate of drug-likeness (QED) is 0.663. The van der Waals surface area contributed by atoms with Gasteiger partial charge in [0.15, 0.2) is 0 Å². The summed E-state index contributed by atoms with van der Waals surface area (Å²) in [5.41, 5.74) is 5.44. The van der Waals surface area contributed by atoms with Crippen LogP contribution in [0.3, 0.4) is 0 Å². The summed E-state index contributed by atoms with van der Waals surface area (Å²) < 4.78 is 0. The first-order chi connectivity index (χ1) is 6.22. The Bertz CT molecular complexity index is 171. The monoisotopic (exact) mass is 202 g/mol. The van der Waals surface area contributed by atoms with Gasteiger partial charge in [0.1, 0.15) is 0 Å². The first-order valence-electron chi connectivity index (χ1n) is 4.80. The highest BCUT2D eigenvalue weighted by Crippen LogP contribution is 2.27. The number of thioether (sulfide) groups is 1. The minimum absolute atomic E-state index is 0.150. The van der Waals surface area contributed by atoms with E-state index in [2.05, 4.69) is 5.32 Å². The highest BCUT2D eigenvalue weighted by Gasteiger charge is 2.21. The van der Waals surface area contributed by atoms with E-state index < -0.39 is 0 Å². The van der Waals surface area contributed by atoms with Crippen molar-refractivity contribution in [3.63, 3.8) is 0 Å². The minimum Gasteiger partial charge on any atom is -0.355 e. The van der Waals surface area contributed by atoms with Gasteiger partial charge < -0.3 is 11.1 Å². The molecule has 1 atom stereocenters. The average molecular weight is 202 g/mol. The molecule has 0 saturated heterocycles. The summed E-state index contributed by atoms with van der Waals surface area (Å²) in [5, 5.41) is 3.30. The van der Waals surface area contributed by atoms with Gasteiger partial charge in [-0.05, 0) is 18.8 Å². The molecule has 0 heterocycles. The van der Waals surface area contributed by atoms with Crippen LogP contribution in [0.1, 0.15) is 19.8 Å². The Labute approximate surface area is 83.8 Å². The molecule has 0 spiro atoms. The summed E-state index contributed by atoms with van der Waals surface area (Å²) in [6, 6.07) is 0. The Morgan fingerprint density at radius 1 is 1.69 bits per heavy atom. The number of hydrogen-bond acceptors (Lipinski definition) is 3. The second kappa shape index (κ2) is 5.50. The molecule has 1 amide bonds. The van der Waals surface area contributed by atoms with Gasteiger partial charge in [-0.1, -0.05) is 6.92 Å². The maximum absolute atomic E-state index is 11.2. The number of carbonyl (C=O) groups excluding carboxylic acids is 1. The molecular formula is C9H18N2OS. The van der Waals surface area contributed by atoms with E-state index in [4.69, 9.17) is 5.73 Å². The molecule has 0 aromatic heterocycles. The fourth-order valence-corrected chi connectivity index (χ4v) is 1.59. The lowest BCUT2D eigenvalue weighted by Crippen LogP contribution is -2.28. The van der Waals surface area contributed by atoms with Crippen molar-refractivity contribution in [1.82, 2.24) is 5.32 Å². The molecule has 1 rings (SSSR count). The van der Waals surface area contributed by atoms with Gasteiger partial charge in [0.25, 0.3) is 0 Å². The Balaban J connectivity index is 1.96. The molecule has 76 valence electrons. The van der Waals surface area contributed by atoms with Gasteiger partial charge in [0.2, 0.25) is 5.91 Å². The standard InChI is InChI=1S/C9H18N2OS/c1-7(4-10)13-6-9(12)11-5-8-2-3-8/h7-8H,2-6,10H2,1H3,(H,11,12). The second-order valence-corrected chi connectivity index (χ2v) is 5.03. The average Bonchev–Trinajstić information content (AvgIpc) is 2.94. The molecule has 3 nitrogen and oxygen atoms in total. The van der Waals surface area contributed by atoms with Gasteiger partial charge in [0.05, 0.1) is 5.75 Å². The maximum atomic E-state index is 11.2. The van der Waals surface area contributed by atoms with Crippen molar-refractivity contribution in [2.45, 2.75) is 25.0 Å². The second-order valence-electron chi connectivity index (χ2n) is 3.60. The van der Waals surface area contributed by atoms with Gasteiger partial charge >= 0.3 is 0 Å². The molecule has 1 aliphatic rings. The Kier molecular flexibility index (Phi) is 4.59. The number of carbonyl (C=O) groups is 1. The lowest BCUT2D eigenvalue weighted by Gasteiger charge is -2.07. The van der Waals surface area contributed by atoms with Crippen LogP contribution in [0.5, 0.6) is 0 Å². The van der Waals surface area contributed by atoms with Crippen LogP contribution in [0.2, 0.25) is 0 Å².